The van der Waals surface area contributed by atoms with Crippen LogP contribution < -0.4 is 5.32 Å². The summed E-state index contributed by atoms with van der Waals surface area (Å²) in [5, 5.41) is 26.0. The van der Waals surface area contributed by atoms with E-state index in [1.165, 1.54) is 6.20 Å². The fraction of sp³-hybridized carbons (Fsp3) is 0.318. The Morgan fingerprint density at radius 2 is 1.87 bits per heavy atom. The Balaban J connectivity index is 1.74. The molecule has 0 radical (unpaired) electrons. The molecule has 158 valence electrons. The molecule has 2 aromatic heterocycles. The van der Waals surface area contributed by atoms with Gasteiger partial charge in [-0.15, -0.1) is 0 Å². The number of aryl methyl sites for hydroxylation is 2. The number of carbonyl (C=O) groups is 2. The first-order chi connectivity index (χ1) is 14.3. The third-order valence-corrected chi connectivity index (χ3v) is 4.90. The summed E-state index contributed by atoms with van der Waals surface area (Å²) in [5.41, 5.74) is 3.17. The van der Waals surface area contributed by atoms with E-state index in [0.717, 1.165) is 16.9 Å². The van der Waals surface area contributed by atoms with Crippen molar-refractivity contribution in [3.8, 4) is 11.4 Å². The summed E-state index contributed by atoms with van der Waals surface area (Å²) in [6, 6.07) is 6.79. The lowest BCUT2D eigenvalue weighted by Crippen LogP contribution is -2.14. The van der Waals surface area contributed by atoms with Crippen molar-refractivity contribution < 1.29 is 19.8 Å². The van der Waals surface area contributed by atoms with Crippen LogP contribution in [-0.2, 0) is 17.8 Å². The summed E-state index contributed by atoms with van der Waals surface area (Å²) >= 11 is 0. The molecule has 3 N–H and O–H groups in total. The highest BCUT2D eigenvalue weighted by atomic mass is 16.4. The number of aromatic hydroxyl groups is 1. The molecule has 8 heteroatoms. The quantitative estimate of drug-likeness (QED) is 0.523. The van der Waals surface area contributed by atoms with Crippen LogP contribution in [-0.4, -0.2) is 36.4 Å². The number of hydrogen-bond acceptors (Lipinski definition) is 4. The van der Waals surface area contributed by atoms with Gasteiger partial charge >= 0.3 is 5.97 Å². The van der Waals surface area contributed by atoms with Crippen LogP contribution in [0.25, 0.3) is 5.69 Å². The predicted molar refractivity (Wildman–Crippen MR) is 113 cm³/mol. The van der Waals surface area contributed by atoms with Gasteiger partial charge in [0.2, 0.25) is 5.91 Å². The Morgan fingerprint density at radius 1 is 1.17 bits per heavy atom. The van der Waals surface area contributed by atoms with Crippen molar-refractivity contribution in [3.63, 3.8) is 0 Å². The van der Waals surface area contributed by atoms with Crippen molar-refractivity contribution in [1.82, 2.24) is 14.3 Å². The molecule has 8 nitrogen and oxygen atoms in total. The van der Waals surface area contributed by atoms with E-state index in [0.29, 0.717) is 18.7 Å². The van der Waals surface area contributed by atoms with Gasteiger partial charge in [0.15, 0.2) is 0 Å². The molecule has 0 bridgehead atoms. The fourth-order valence-electron chi connectivity index (χ4n) is 3.42. The Morgan fingerprint density at radius 3 is 2.47 bits per heavy atom. The number of anilines is 1. The van der Waals surface area contributed by atoms with Gasteiger partial charge in [-0.05, 0) is 49.1 Å². The topological polar surface area (TPSA) is 109 Å². The highest BCUT2D eigenvalue weighted by Gasteiger charge is 2.18. The van der Waals surface area contributed by atoms with Gasteiger partial charge in [0.25, 0.3) is 0 Å². The summed E-state index contributed by atoms with van der Waals surface area (Å²) in [5.74, 6) is -0.962. The number of hydrogen-bond donors (Lipinski definition) is 3. The number of amides is 1. The van der Waals surface area contributed by atoms with Gasteiger partial charge in [-0.2, -0.15) is 5.10 Å². The van der Waals surface area contributed by atoms with Crippen LogP contribution >= 0.6 is 0 Å². The molecule has 2 heterocycles. The number of benzene rings is 1. The number of rotatable bonds is 8. The van der Waals surface area contributed by atoms with Gasteiger partial charge in [-0.25, -0.2) is 9.48 Å². The molecular formula is C22H26N4O4. The third-order valence-electron chi connectivity index (χ3n) is 4.90. The van der Waals surface area contributed by atoms with Crippen LogP contribution in [0.1, 0.15) is 54.7 Å². The highest BCUT2D eigenvalue weighted by molar-refractivity contribution is 6.00. The lowest BCUT2D eigenvalue weighted by Gasteiger charge is -2.13. The Kier molecular flexibility index (Phi) is 6.25. The highest BCUT2D eigenvalue weighted by Crippen LogP contribution is 2.25. The number of phenols is 1. The molecule has 0 aliphatic rings. The molecule has 0 saturated carbocycles. The lowest BCUT2D eigenvalue weighted by molar-refractivity contribution is -0.116. The molecule has 0 spiro atoms. The van der Waals surface area contributed by atoms with Crippen LogP contribution in [0.3, 0.4) is 0 Å². The van der Waals surface area contributed by atoms with Crippen molar-refractivity contribution in [2.24, 2.45) is 0 Å². The van der Waals surface area contributed by atoms with Crippen LogP contribution in [0.2, 0.25) is 0 Å². The molecule has 0 aliphatic carbocycles. The second-order valence-corrected chi connectivity index (χ2v) is 7.41. The van der Waals surface area contributed by atoms with E-state index in [-0.39, 0.29) is 29.6 Å². The Hall–Kier alpha value is -3.55. The summed E-state index contributed by atoms with van der Waals surface area (Å²) in [7, 11) is 0. The minimum atomic E-state index is -1.07. The molecule has 1 aromatic carbocycles. The average Bonchev–Trinajstić information content (AvgIpc) is 3.31. The van der Waals surface area contributed by atoms with E-state index in [9.17, 15) is 19.8 Å². The lowest BCUT2D eigenvalue weighted by atomic mass is 10.0. The molecular weight excluding hydrogens is 384 g/mol. The summed E-state index contributed by atoms with van der Waals surface area (Å²) in [6.07, 6.45) is 5.58. The number of carboxylic acid groups (broad SMARTS) is 1. The standard InChI is InChI=1S/C22H26N4O4/c1-4-25-12-18(22(29)30)19(13-25)24-20(28)10-5-15-11-23-26(21(15)14(2)3)16-6-8-17(27)9-7-16/h6-9,11-14,27H,4-5,10H2,1-3H3,(H,24,28)(H,29,30). The zero-order valence-electron chi connectivity index (χ0n) is 17.3. The molecule has 0 fully saturated rings. The first kappa shape index (κ1) is 21.2. The smallest absolute Gasteiger partial charge is 0.339 e. The van der Waals surface area contributed by atoms with Crippen molar-refractivity contribution in [2.75, 3.05) is 5.32 Å². The number of nitrogens with one attached hydrogen (secondary N) is 1. The normalized spacial score (nSPS) is 11.1. The van der Waals surface area contributed by atoms with Crippen molar-refractivity contribution >= 4 is 17.6 Å². The maximum atomic E-state index is 12.5. The Labute approximate surface area is 174 Å². The minimum absolute atomic E-state index is 0.0771. The fourth-order valence-corrected chi connectivity index (χ4v) is 3.42. The van der Waals surface area contributed by atoms with Crippen LogP contribution in [0.4, 0.5) is 5.69 Å². The Bertz CT molecular complexity index is 1050. The molecule has 30 heavy (non-hydrogen) atoms. The maximum absolute atomic E-state index is 12.5. The largest absolute Gasteiger partial charge is 0.508 e. The van der Waals surface area contributed by atoms with Gasteiger partial charge in [0, 0.05) is 31.1 Å². The second-order valence-electron chi connectivity index (χ2n) is 7.41. The SMILES string of the molecule is CCn1cc(NC(=O)CCc2cnn(-c3ccc(O)cc3)c2C(C)C)c(C(=O)O)c1. The van der Waals surface area contributed by atoms with Gasteiger partial charge in [-0.3, -0.25) is 4.79 Å². The summed E-state index contributed by atoms with van der Waals surface area (Å²) in [4.78, 5) is 23.9. The molecule has 3 aromatic rings. The van der Waals surface area contributed by atoms with Gasteiger partial charge in [0.1, 0.15) is 11.3 Å². The van der Waals surface area contributed by atoms with E-state index >= 15 is 0 Å². The number of nitrogens with zero attached hydrogens (tertiary/aromatic N) is 3. The first-order valence-corrected chi connectivity index (χ1v) is 9.89. The van der Waals surface area contributed by atoms with E-state index in [1.807, 2.05) is 11.6 Å². The zero-order valence-corrected chi connectivity index (χ0v) is 17.3. The molecule has 0 aliphatic heterocycles. The van der Waals surface area contributed by atoms with Crippen LogP contribution in [0.5, 0.6) is 5.75 Å². The number of phenolic OH excluding ortho intramolecular Hbond substituents is 1. The number of carbonyl (C=O) groups excluding carboxylic acids is 1. The maximum Gasteiger partial charge on any atom is 0.339 e. The van der Waals surface area contributed by atoms with E-state index in [2.05, 4.69) is 24.3 Å². The minimum Gasteiger partial charge on any atom is -0.508 e. The monoisotopic (exact) mass is 410 g/mol. The summed E-state index contributed by atoms with van der Waals surface area (Å²) < 4.78 is 3.54. The van der Waals surface area contributed by atoms with E-state index < -0.39 is 5.97 Å². The third kappa shape index (κ3) is 4.53. The van der Waals surface area contributed by atoms with Crippen LogP contribution in [0.15, 0.2) is 42.9 Å². The van der Waals surface area contributed by atoms with E-state index in [1.54, 1.807) is 41.2 Å². The van der Waals surface area contributed by atoms with E-state index in [4.69, 9.17) is 0 Å². The molecule has 0 saturated heterocycles. The van der Waals surface area contributed by atoms with Gasteiger partial charge in [0.05, 0.1) is 17.6 Å². The molecule has 0 unspecified atom stereocenters. The number of carboxylic acids is 1. The molecule has 1 amide bonds. The van der Waals surface area contributed by atoms with Gasteiger partial charge < -0.3 is 20.1 Å². The van der Waals surface area contributed by atoms with Crippen LogP contribution in [0, 0.1) is 0 Å². The molecule has 3 rings (SSSR count). The van der Waals surface area contributed by atoms with Crippen molar-refractivity contribution in [1.29, 1.82) is 0 Å². The average molecular weight is 410 g/mol. The van der Waals surface area contributed by atoms with Crippen molar-refractivity contribution in [3.05, 3.63) is 59.7 Å². The number of aromatic carboxylic acids is 1. The predicted octanol–water partition coefficient (Wildman–Crippen LogP) is 3.79. The zero-order chi connectivity index (χ0) is 21.8. The van der Waals surface area contributed by atoms with Crippen molar-refractivity contribution in [2.45, 2.75) is 46.1 Å². The summed E-state index contributed by atoms with van der Waals surface area (Å²) in [6.45, 7) is 6.63. The first-order valence-electron chi connectivity index (χ1n) is 9.89. The second kappa shape index (κ2) is 8.86. The molecule has 0 atom stereocenters. The number of aromatic nitrogens is 3. The van der Waals surface area contributed by atoms with Gasteiger partial charge in [-0.1, -0.05) is 13.8 Å².